The fraction of sp³-hybridized carbons (Fsp3) is 0.611. The molecule has 0 heterocycles. The predicted molar refractivity (Wildman–Crippen MR) is 88.5 cm³/mol. The molecule has 0 aliphatic heterocycles. The normalized spacial score (nSPS) is 16.6. The number of carbonyl (C=O) groups excluding carboxylic acids is 1. The highest BCUT2D eigenvalue weighted by molar-refractivity contribution is 5.78. The standard InChI is InChI=1S/C18H28N2O2/c1-4-20(13-18(2,3)22)12-16(21)19-17(15-10-11-15)14-8-6-5-7-9-14/h5-9,15,17,22H,4,10-13H2,1-3H3,(H,19,21). The van der Waals surface area contributed by atoms with E-state index in [4.69, 9.17) is 0 Å². The van der Waals surface area contributed by atoms with Crippen LogP contribution in [0.25, 0.3) is 0 Å². The fourth-order valence-corrected chi connectivity index (χ4v) is 2.81. The summed E-state index contributed by atoms with van der Waals surface area (Å²) < 4.78 is 0. The molecule has 1 unspecified atom stereocenters. The van der Waals surface area contributed by atoms with Gasteiger partial charge in [0.2, 0.25) is 5.91 Å². The molecule has 22 heavy (non-hydrogen) atoms. The molecular formula is C18H28N2O2. The first-order valence-corrected chi connectivity index (χ1v) is 8.18. The molecule has 1 fully saturated rings. The average molecular weight is 304 g/mol. The maximum absolute atomic E-state index is 12.4. The van der Waals surface area contributed by atoms with Crippen LogP contribution < -0.4 is 5.32 Å². The van der Waals surface area contributed by atoms with Crippen molar-refractivity contribution in [1.29, 1.82) is 0 Å². The molecule has 1 atom stereocenters. The van der Waals surface area contributed by atoms with Gasteiger partial charge in [-0.2, -0.15) is 0 Å². The second-order valence-corrected chi connectivity index (χ2v) is 6.91. The van der Waals surface area contributed by atoms with Gasteiger partial charge >= 0.3 is 0 Å². The Kier molecular flexibility index (Phi) is 5.59. The number of rotatable bonds is 8. The Hall–Kier alpha value is -1.39. The summed E-state index contributed by atoms with van der Waals surface area (Å²) in [5.74, 6) is 0.600. The number of carbonyl (C=O) groups is 1. The lowest BCUT2D eigenvalue weighted by Gasteiger charge is -2.28. The first-order chi connectivity index (χ1) is 10.4. The molecule has 1 aromatic carbocycles. The fourth-order valence-electron chi connectivity index (χ4n) is 2.81. The summed E-state index contributed by atoms with van der Waals surface area (Å²) in [5.41, 5.74) is 0.398. The first kappa shape index (κ1) is 17.0. The van der Waals surface area contributed by atoms with E-state index in [0.717, 1.165) is 6.54 Å². The minimum Gasteiger partial charge on any atom is -0.389 e. The van der Waals surface area contributed by atoms with Crippen LogP contribution in [-0.4, -0.2) is 41.1 Å². The van der Waals surface area contributed by atoms with E-state index in [1.165, 1.54) is 18.4 Å². The van der Waals surface area contributed by atoms with Crippen LogP contribution in [-0.2, 0) is 4.79 Å². The van der Waals surface area contributed by atoms with E-state index in [0.29, 0.717) is 19.0 Å². The lowest BCUT2D eigenvalue weighted by atomic mass is 10.0. The Morgan fingerprint density at radius 2 is 2.00 bits per heavy atom. The van der Waals surface area contributed by atoms with Crippen molar-refractivity contribution in [2.24, 2.45) is 5.92 Å². The molecule has 2 N–H and O–H groups in total. The quantitative estimate of drug-likeness (QED) is 0.775. The Balaban J connectivity index is 1.94. The first-order valence-electron chi connectivity index (χ1n) is 8.18. The van der Waals surface area contributed by atoms with Gasteiger partial charge in [-0.1, -0.05) is 37.3 Å². The van der Waals surface area contributed by atoms with Crippen molar-refractivity contribution >= 4 is 5.91 Å². The van der Waals surface area contributed by atoms with Crippen LogP contribution in [0.2, 0.25) is 0 Å². The Labute approximate surface area is 133 Å². The van der Waals surface area contributed by atoms with Gasteiger partial charge in [0.05, 0.1) is 18.2 Å². The molecule has 0 saturated heterocycles. The van der Waals surface area contributed by atoms with Gasteiger partial charge in [0.1, 0.15) is 0 Å². The summed E-state index contributed by atoms with van der Waals surface area (Å²) in [4.78, 5) is 14.4. The van der Waals surface area contributed by atoms with Crippen LogP contribution in [0.1, 0.15) is 45.2 Å². The molecule has 0 radical (unpaired) electrons. The van der Waals surface area contributed by atoms with E-state index >= 15 is 0 Å². The highest BCUT2D eigenvalue weighted by atomic mass is 16.3. The number of likely N-dealkylation sites (N-methyl/N-ethyl adjacent to an activating group) is 1. The van der Waals surface area contributed by atoms with Gasteiger partial charge in [0.15, 0.2) is 0 Å². The third-order valence-electron chi connectivity index (χ3n) is 3.99. The van der Waals surface area contributed by atoms with Crippen molar-refractivity contribution in [3.8, 4) is 0 Å². The zero-order valence-electron chi connectivity index (χ0n) is 13.9. The van der Waals surface area contributed by atoms with Gasteiger partial charge in [-0.3, -0.25) is 9.69 Å². The minimum atomic E-state index is -0.786. The van der Waals surface area contributed by atoms with Gasteiger partial charge in [-0.05, 0) is 44.7 Å². The second kappa shape index (κ2) is 7.25. The topological polar surface area (TPSA) is 52.6 Å². The molecule has 4 nitrogen and oxygen atoms in total. The Morgan fingerprint density at radius 1 is 1.36 bits per heavy atom. The van der Waals surface area contributed by atoms with E-state index in [1.807, 2.05) is 30.0 Å². The maximum atomic E-state index is 12.4. The van der Waals surface area contributed by atoms with Crippen molar-refractivity contribution in [2.45, 2.75) is 45.3 Å². The van der Waals surface area contributed by atoms with Crippen LogP contribution in [0.4, 0.5) is 0 Å². The molecule has 0 aromatic heterocycles. The average Bonchev–Trinajstić information content (AvgIpc) is 3.28. The van der Waals surface area contributed by atoms with Gasteiger partial charge in [0.25, 0.3) is 0 Å². The number of nitrogens with zero attached hydrogens (tertiary/aromatic N) is 1. The SMILES string of the molecule is CCN(CC(=O)NC(c1ccccc1)C1CC1)CC(C)(C)O. The van der Waals surface area contributed by atoms with Crippen molar-refractivity contribution in [3.05, 3.63) is 35.9 Å². The van der Waals surface area contributed by atoms with Crippen molar-refractivity contribution in [3.63, 3.8) is 0 Å². The van der Waals surface area contributed by atoms with Crippen LogP contribution in [0, 0.1) is 5.92 Å². The Morgan fingerprint density at radius 3 is 2.50 bits per heavy atom. The molecule has 1 saturated carbocycles. The lowest BCUT2D eigenvalue weighted by Crippen LogP contribution is -2.44. The van der Waals surface area contributed by atoms with Crippen LogP contribution in [0.5, 0.6) is 0 Å². The highest BCUT2D eigenvalue weighted by Gasteiger charge is 2.33. The molecule has 1 aliphatic carbocycles. The second-order valence-electron chi connectivity index (χ2n) is 6.91. The number of amides is 1. The van der Waals surface area contributed by atoms with Gasteiger partial charge in [-0.15, -0.1) is 0 Å². The largest absolute Gasteiger partial charge is 0.389 e. The van der Waals surface area contributed by atoms with Gasteiger partial charge in [0, 0.05) is 6.54 Å². The Bertz CT molecular complexity index is 478. The third-order valence-corrected chi connectivity index (χ3v) is 3.99. The number of aliphatic hydroxyl groups is 1. The zero-order chi connectivity index (χ0) is 16.2. The summed E-state index contributed by atoms with van der Waals surface area (Å²) in [7, 11) is 0. The summed E-state index contributed by atoms with van der Waals surface area (Å²) in [6.07, 6.45) is 2.36. The third kappa shape index (κ3) is 5.43. The molecule has 0 bridgehead atoms. The molecule has 2 rings (SSSR count). The van der Waals surface area contributed by atoms with E-state index in [-0.39, 0.29) is 11.9 Å². The van der Waals surface area contributed by atoms with E-state index < -0.39 is 5.60 Å². The molecule has 4 heteroatoms. The summed E-state index contributed by atoms with van der Waals surface area (Å²) in [5, 5.41) is 13.1. The van der Waals surface area contributed by atoms with Gasteiger partial charge < -0.3 is 10.4 Å². The zero-order valence-corrected chi connectivity index (χ0v) is 13.9. The van der Waals surface area contributed by atoms with Crippen LogP contribution in [0.3, 0.4) is 0 Å². The van der Waals surface area contributed by atoms with E-state index in [1.54, 1.807) is 13.8 Å². The van der Waals surface area contributed by atoms with Crippen LogP contribution in [0.15, 0.2) is 30.3 Å². The smallest absolute Gasteiger partial charge is 0.234 e. The molecule has 122 valence electrons. The molecule has 1 aromatic rings. The number of hydrogen-bond donors (Lipinski definition) is 2. The van der Waals surface area contributed by atoms with Crippen molar-refractivity contribution in [2.75, 3.05) is 19.6 Å². The van der Waals surface area contributed by atoms with Gasteiger partial charge in [-0.25, -0.2) is 0 Å². The maximum Gasteiger partial charge on any atom is 0.234 e. The number of nitrogens with one attached hydrogen (secondary N) is 1. The highest BCUT2D eigenvalue weighted by Crippen LogP contribution is 2.40. The number of hydrogen-bond acceptors (Lipinski definition) is 3. The summed E-state index contributed by atoms with van der Waals surface area (Å²) >= 11 is 0. The molecular weight excluding hydrogens is 276 g/mol. The number of benzene rings is 1. The molecule has 0 spiro atoms. The van der Waals surface area contributed by atoms with E-state index in [2.05, 4.69) is 17.4 Å². The molecule has 1 aliphatic rings. The summed E-state index contributed by atoms with van der Waals surface area (Å²) in [6.45, 7) is 7.12. The van der Waals surface area contributed by atoms with Crippen LogP contribution >= 0.6 is 0 Å². The molecule has 1 amide bonds. The van der Waals surface area contributed by atoms with Crippen molar-refractivity contribution in [1.82, 2.24) is 10.2 Å². The minimum absolute atomic E-state index is 0.0341. The van der Waals surface area contributed by atoms with E-state index in [9.17, 15) is 9.90 Å². The lowest BCUT2D eigenvalue weighted by molar-refractivity contribution is -0.123. The van der Waals surface area contributed by atoms with Crippen molar-refractivity contribution < 1.29 is 9.90 Å². The monoisotopic (exact) mass is 304 g/mol. The predicted octanol–water partition coefficient (Wildman–Crippen LogP) is 2.35. The summed E-state index contributed by atoms with van der Waals surface area (Å²) in [6, 6.07) is 10.3.